The first kappa shape index (κ1) is 17.8. The van der Waals surface area contributed by atoms with E-state index in [1.807, 2.05) is 60.7 Å². The van der Waals surface area contributed by atoms with Crippen LogP contribution in [0.1, 0.15) is 30.1 Å². The van der Waals surface area contributed by atoms with Gasteiger partial charge in [-0.25, -0.2) is 14.0 Å². The van der Waals surface area contributed by atoms with Crippen LogP contribution in [0.25, 0.3) is 16.6 Å². The molecule has 1 aliphatic heterocycles. The molecular weight excluding hydrogens is 362 g/mol. The highest BCUT2D eigenvalue weighted by Gasteiger charge is 2.25. The maximum absolute atomic E-state index is 13.4. The molecule has 0 spiro atoms. The predicted molar refractivity (Wildman–Crippen MR) is 114 cm³/mol. The molecule has 5 rings (SSSR count). The molecule has 1 atom stereocenters. The molecule has 1 aliphatic rings. The van der Waals surface area contributed by atoms with Crippen LogP contribution in [0.3, 0.4) is 0 Å². The second-order valence-corrected chi connectivity index (χ2v) is 7.50. The minimum atomic E-state index is -0.107. The van der Waals surface area contributed by atoms with E-state index >= 15 is 0 Å². The van der Waals surface area contributed by atoms with E-state index < -0.39 is 0 Å². The van der Waals surface area contributed by atoms with Crippen LogP contribution in [0, 0.1) is 0 Å². The van der Waals surface area contributed by atoms with Crippen molar-refractivity contribution in [2.75, 3.05) is 13.1 Å². The molecule has 6 heteroatoms. The van der Waals surface area contributed by atoms with Crippen molar-refractivity contribution in [2.45, 2.75) is 25.3 Å². The van der Waals surface area contributed by atoms with Gasteiger partial charge in [0.05, 0.1) is 17.7 Å². The van der Waals surface area contributed by atoms with Crippen LogP contribution >= 0.6 is 0 Å². The van der Waals surface area contributed by atoms with Gasteiger partial charge in [0.15, 0.2) is 0 Å². The number of hydrogen-bond donors (Lipinski definition) is 1. The monoisotopic (exact) mass is 385 g/mol. The molecule has 1 saturated heterocycles. The molecule has 2 aromatic carbocycles. The van der Waals surface area contributed by atoms with Gasteiger partial charge in [0, 0.05) is 29.6 Å². The third kappa shape index (κ3) is 3.36. The standard InChI is InChI=1S/C23H23N5O/c29-23-27(16-19-8-4-7-17-9-6-14-25-21(17)19)26-22(18-10-5-13-24-15-18)28(23)20-11-2-1-3-12-20/h1-4,6-9,11-12,14,18,24H,5,10,13,15-16H2. The summed E-state index contributed by atoms with van der Waals surface area (Å²) >= 11 is 0. The summed E-state index contributed by atoms with van der Waals surface area (Å²) in [5, 5.41) is 9.32. The fourth-order valence-corrected chi connectivity index (χ4v) is 4.14. The lowest BCUT2D eigenvalue weighted by atomic mass is 9.99. The first-order valence-electron chi connectivity index (χ1n) is 10.1. The van der Waals surface area contributed by atoms with Crippen molar-refractivity contribution in [3.8, 4) is 5.69 Å². The Morgan fingerprint density at radius 2 is 1.90 bits per heavy atom. The van der Waals surface area contributed by atoms with Crippen molar-refractivity contribution < 1.29 is 0 Å². The molecule has 4 aromatic rings. The summed E-state index contributed by atoms with van der Waals surface area (Å²) in [6.45, 7) is 2.27. The molecule has 0 radical (unpaired) electrons. The number of pyridine rings is 1. The molecule has 0 bridgehead atoms. The predicted octanol–water partition coefficient (Wildman–Crippen LogP) is 3.10. The van der Waals surface area contributed by atoms with Crippen molar-refractivity contribution >= 4 is 10.9 Å². The number of rotatable bonds is 4. The van der Waals surface area contributed by atoms with Gasteiger partial charge in [-0.2, -0.15) is 5.10 Å². The Morgan fingerprint density at radius 1 is 1.03 bits per heavy atom. The van der Waals surface area contributed by atoms with Gasteiger partial charge in [-0.15, -0.1) is 0 Å². The minimum absolute atomic E-state index is 0.107. The van der Waals surface area contributed by atoms with E-state index in [1.165, 1.54) is 0 Å². The Labute approximate surface area is 168 Å². The lowest BCUT2D eigenvalue weighted by molar-refractivity contribution is 0.439. The third-order valence-corrected chi connectivity index (χ3v) is 5.58. The first-order valence-corrected chi connectivity index (χ1v) is 10.1. The van der Waals surface area contributed by atoms with Gasteiger partial charge in [-0.3, -0.25) is 4.98 Å². The van der Waals surface area contributed by atoms with Crippen LogP contribution in [-0.4, -0.2) is 32.4 Å². The van der Waals surface area contributed by atoms with Crippen LogP contribution in [0.4, 0.5) is 0 Å². The second kappa shape index (κ2) is 7.64. The summed E-state index contributed by atoms with van der Waals surface area (Å²) in [6.07, 6.45) is 3.91. The Morgan fingerprint density at radius 3 is 2.72 bits per heavy atom. The average Bonchev–Trinajstić information content (AvgIpc) is 3.11. The van der Waals surface area contributed by atoms with Gasteiger partial charge in [0.25, 0.3) is 0 Å². The van der Waals surface area contributed by atoms with E-state index in [4.69, 9.17) is 5.10 Å². The molecule has 1 unspecified atom stereocenters. The average molecular weight is 385 g/mol. The Balaban J connectivity index is 1.62. The van der Waals surface area contributed by atoms with E-state index in [2.05, 4.69) is 10.3 Å². The summed E-state index contributed by atoms with van der Waals surface area (Å²) < 4.78 is 3.36. The smallest absolute Gasteiger partial charge is 0.316 e. The molecule has 1 N–H and O–H groups in total. The Bertz CT molecular complexity index is 1180. The van der Waals surface area contributed by atoms with Crippen molar-refractivity contribution in [3.05, 3.63) is 88.7 Å². The fourth-order valence-electron chi connectivity index (χ4n) is 4.14. The zero-order chi connectivity index (χ0) is 19.6. The van der Waals surface area contributed by atoms with Crippen molar-refractivity contribution in [1.82, 2.24) is 24.6 Å². The molecule has 0 amide bonds. The second-order valence-electron chi connectivity index (χ2n) is 7.50. The number of nitrogens with zero attached hydrogens (tertiary/aromatic N) is 4. The van der Waals surface area contributed by atoms with Crippen molar-refractivity contribution in [1.29, 1.82) is 0 Å². The summed E-state index contributed by atoms with van der Waals surface area (Å²) in [5.41, 5.74) is 2.67. The van der Waals surface area contributed by atoms with E-state index in [-0.39, 0.29) is 11.6 Å². The third-order valence-electron chi connectivity index (χ3n) is 5.58. The number of para-hydroxylation sites is 2. The highest BCUT2D eigenvalue weighted by molar-refractivity contribution is 5.81. The molecule has 3 heterocycles. The van der Waals surface area contributed by atoms with E-state index in [9.17, 15) is 4.79 Å². The summed E-state index contributed by atoms with van der Waals surface area (Å²) in [5.74, 6) is 1.06. The molecule has 0 saturated carbocycles. The Hall–Kier alpha value is -3.25. The number of nitrogens with one attached hydrogen (secondary N) is 1. The fraction of sp³-hybridized carbons (Fsp3) is 0.261. The largest absolute Gasteiger partial charge is 0.350 e. The Kier molecular flexibility index (Phi) is 4.69. The van der Waals surface area contributed by atoms with E-state index in [0.717, 1.165) is 53.9 Å². The van der Waals surface area contributed by atoms with Crippen LogP contribution < -0.4 is 11.0 Å². The van der Waals surface area contributed by atoms with E-state index in [1.54, 1.807) is 15.4 Å². The van der Waals surface area contributed by atoms with E-state index in [0.29, 0.717) is 6.54 Å². The minimum Gasteiger partial charge on any atom is -0.316 e. The molecule has 6 nitrogen and oxygen atoms in total. The summed E-state index contributed by atoms with van der Waals surface area (Å²) in [4.78, 5) is 17.9. The maximum atomic E-state index is 13.4. The number of hydrogen-bond acceptors (Lipinski definition) is 4. The molecule has 146 valence electrons. The van der Waals surface area contributed by atoms with Gasteiger partial charge >= 0.3 is 5.69 Å². The molecule has 2 aromatic heterocycles. The molecule has 0 aliphatic carbocycles. The number of benzene rings is 2. The summed E-state index contributed by atoms with van der Waals surface area (Å²) in [6, 6.07) is 19.8. The van der Waals surface area contributed by atoms with Crippen LogP contribution in [-0.2, 0) is 6.54 Å². The number of aromatic nitrogens is 4. The molecule has 1 fully saturated rings. The summed E-state index contributed by atoms with van der Waals surface area (Å²) in [7, 11) is 0. The SMILES string of the molecule is O=c1n(Cc2cccc3cccnc23)nc(C2CCCNC2)n1-c1ccccc1. The van der Waals surface area contributed by atoms with Gasteiger partial charge in [0.1, 0.15) is 5.82 Å². The van der Waals surface area contributed by atoms with Gasteiger partial charge < -0.3 is 5.32 Å². The maximum Gasteiger partial charge on any atom is 0.350 e. The lowest BCUT2D eigenvalue weighted by Crippen LogP contribution is -2.31. The van der Waals surface area contributed by atoms with Gasteiger partial charge in [-0.05, 0) is 37.6 Å². The van der Waals surface area contributed by atoms with Crippen molar-refractivity contribution in [3.63, 3.8) is 0 Å². The highest BCUT2D eigenvalue weighted by atomic mass is 16.2. The van der Waals surface area contributed by atoms with Crippen LogP contribution in [0.15, 0.2) is 71.7 Å². The van der Waals surface area contributed by atoms with Crippen LogP contribution in [0.2, 0.25) is 0 Å². The first-order chi connectivity index (χ1) is 14.3. The van der Waals surface area contributed by atoms with Gasteiger partial charge in [0.2, 0.25) is 0 Å². The topological polar surface area (TPSA) is 64.7 Å². The number of fused-ring (bicyclic) bond motifs is 1. The zero-order valence-corrected chi connectivity index (χ0v) is 16.2. The molecular formula is C23H23N5O. The highest BCUT2D eigenvalue weighted by Crippen LogP contribution is 2.23. The lowest BCUT2D eigenvalue weighted by Gasteiger charge is -2.22. The van der Waals surface area contributed by atoms with Crippen molar-refractivity contribution in [2.24, 2.45) is 0 Å². The zero-order valence-electron chi connectivity index (χ0n) is 16.2. The molecule has 29 heavy (non-hydrogen) atoms. The quantitative estimate of drug-likeness (QED) is 0.586. The number of piperidine rings is 1. The van der Waals surface area contributed by atoms with Crippen LogP contribution in [0.5, 0.6) is 0 Å². The van der Waals surface area contributed by atoms with Gasteiger partial charge in [-0.1, -0.05) is 42.5 Å². The normalized spacial score (nSPS) is 16.9.